The third kappa shape index (κ3) is 2.87. The lowest BCUT2D eigenvalue weighted by atomic mass is 10.3. The zero-order valence-electron chi connectivity index (χ0n) is 9.21. The fraction of sp³-hybridized carbons (Fsp3) is 0.200. The molecule has 0 atom stereocenters. The maximum atomic E-state index is 5.37. The van der Waals surface area contributed by atoms with E-state index in [1.807, 2.05) is 24.3 Å². The summed E-state index contributed by atoms with van der Waals surface area (Å²) in [5, 5.41) is 4.82. The zero-order valence-corrected chi connectivity index (χ0v) is 10.8. The number of benzene rings is 1. The van der Waals surface area contributed by atoms with Gasteiger partial charge in [-0.25, -0.2) is 5.84 Å². The van der Waals surface area contributed by atoms with E-state index >= 15 is 0 Å². The van der Waals surface area contributed by atoms with Crippen LogP contribution >= 0.6 is 23.3 Å². The van der Waals surface area contributed by atoms with Crippen LogP contribution in [0.15, 0.2) is 29.2 Å². The topological polar surface area (TPSA) is 73.1 Å². The van der Waals surface area contributed by atoms with Gasteiger partial charge in [0.25, 0.3) is 0 Å². The molecule has 2 rings (SSSR count). The van der Waals surface area contributed by atoms with Gasteiger partial charge in [0.2, 0.25) is 0 Å². The molecule has 1 aromatic heterocycles. The second kappa shape index (κ2) is 5.85. The predicted molar refractivity (Wildman–Crippen MR) is 70.3 cm³/mol. The normalized spacial score (nSPS) is 10.2. The average Bonchev–Trinajstić information content (AvgIpc) is 2.84. The highest BCUT2D eigenvalue weighted by molar-refractivity contribution is 7.98. The van der Waals surface area contributed by atoms with Crippen LogP contribution in [0.5, 0.6) is 5.75 Å². The monoisotopic (exact) mass is 268 g/mol. The molecule has 0 bridgehead atoms. The number of anilines is 1. The number of methoxy groups -OCH3 is 1. The molecule has 0 spiro atoms. The lowest BCUT2D eigenvalue weighted by molar-refractivity contribution is 0.405. The minimum atomic E-state index is 0.705. The summed E-state index contributed by atoms with van der Waals surface area (Å²) in [7, 11) is 1.66. The number of nitrogens with two attached hydrogens (primary N) is 1. The number of thioether (sulfide) groups is 1. The van der Waals surface area contributed by atoms with Crippen LogP contribution in [0.3, 0.4) is 0 Å². The van der Waals surface area contributed by atoms with E-state index in [-0.39, 0.29) is 0 Å². The van der Waals surface area contributed by atoms with Crippen LogP contribution in [0.1, 0.15) is 5.69 Å². The van der Waals surface area contributed by atoms with Crippen molar-refractivity contribution in [1.29, 1.82) is 0 Å². The highest BCUT2D eigenvalue weighted by Gasteiger charge is 2.09. The SMILES string of the molecule is COc1ccccc1SCc1nnsc1NN. The number of aromatic nitrogens is 2. The van der Waals surface area contributed by atoms with Gasteiger partial charge in [0.1, 0.15) is 16.4 Å². The molecule has 0 fully saturated rings. The summed E-state index contributed by atoms with van der Waals surface area (Å²) < 4.78 is 9.13. The molecule has 90 valence electrons. The minimum absolute atomic E-state index is 0.705. The summed E-state index contributed by atoms with van der Waals surface area (Å²) in [5.41, 5.74) is 3.44. The fourth-order valence-electron chi connectivity index (χ4n) is 1.30. The van der Waals surface area contributed by atoms with Gasteiger partial charge in [-0.15, -0.1) is 16.9 Å². The second-order valence-corrected chi connectivity index (χ2v) is 4.90. The number of hydrazine groups is 1. The molecule has 0 saturated carbocycles. The first-order chi connectivity index (χ1) is 8.35. The summed E-state index contributed by atoms with van der Waals surface area (Å²) in [6, 6.07) is 7.87. The predicted octanol–water partition coefficient (Wildman–Crippen LogP) is 2.12. The number of nitrogens with one attached hydrogen (secondary N) is 1. The van der Waals surface area contributed by atoms with E-state index in [1.54, 1.807) is 18.9 Å². The molecule has 5 nitrogen and oxygen atoms in total. The van der Waals surface area contributed by atoms with E-state index < -0.39 is 0 Å². The standard InChI is InChI=1S/C10H12N4OS2/c1-15-8-4-2-3-5-9(8)16-6-7-10(12-11)17-14-13-7/h2-5,12H,6,11H2,1H3. The maximum absolute atomic E-state index is 5.37. The molecular formula is C10H12N4OS2. The van der Waals surface area contributed by atoms with Crippen molar-refractivity contribution in [3.8, 4) is 5.75 Å². The molecule has 0 aliphatic carbocycles. The number of hydrogen-bond donors (Lipinski definition) is 2. The van der Waals surface area contributed by atoms with Crippen molar-refractivity contribution >= 4 is 28.3 Å². The van der Waals surface area contributed by atoms with Crippen LogP contribution in [-0.4, -0.2) is 16.7 Å². The summed E-state index contributed by atoms with van der Waals surface area (Å²) in [6.07, 6.45) is 0. The van der Waals surface area contributed by atoms with Crippen LogP contribution in [0, 0.1) is 0 Å². The van der Waals surface area contributed by atoms with Crippen molar-refractivity contribution < 1.29 is 4.74 Å². The highest BCUT2D eigenvalue weighted by atomic mass is 32.2. The number of nitrogen functional groups attached to an aromatic ring is 1. The van der Waals surface area contributed by atoms with Crippen LogP contribution in [-0.2, 0) is 5.75 Å². The average molecular weight is 268 g/mol. The molecule has 0 saturated heterocycles. The van der Waals surface area contributed by atoms with Crippen LogP contribution in [0.25, 0.3) is 0 Å². The Morgan fingerprint density at radius 1 is 1.47 bits per heavy atom. The molecular weight excluding hydrogens is 256 g/mol. The molecule has 17 heavy (non-hydrogen) atoms. The van der Waals surface area contributed by atoms with Gasteiger partial charge in [-0.2, -0.15) is 0 Å². The fourth-order valence-corrected chi connectivity index (χ4v) is 2.84. The van der Waals surface area contributed by atoms with Gasteiger partial charge in [-0.1, -0.05) is 16.6 Å². The lowest BCUT2D eigenvalue weighted by Gasteiger charge is -2.06. The first-order valence-corrected chi connectivity index (χ1v) is 6.64. The van der Waals surface area contributed by atoms with Crippen molar-refractivity contribution in [1.82, 2.24) is 9.59 Å². The third-order valence-corrected chi connectivity index (χ3v) is 3.89. The molecule has 3 N–H and O–H groups in total. The molecule has 7 heteroatoms. The van der Waals surface area contributed by atoms with Crippen LogP contribution < -0.4 is 16.0 Å². The Bertz CT molecular complexity index is 489. The molecule has 2 aromatic rings. The lowest BCUT2D eigenvalue weighted by Crippen LogP contribution is -2.06. The number of hydrogen-bond acceptors (Lipinski definition) is 7. The van der Waals surface area contributed by atoms with Gasteiger partial charge in [0.05, 0.1) is 7.11 Å². The van der Waals surface area contributed by atoms with E-state index in [4.69, 9.17) is 10.6 Å². The highest BCUT2D eigenvalue weighted by Crippen LogP contribution is 2.32. The molecule has 0 amide bonds. The number of nitrogens with zero attached hydrogens (tertiary/aromatic N) is 2. The molecule has 0 aliphatic rings. The van der Waals surface area contributed by atoms with Crippen molar-refractivity contribution in [2.75, 3.05) is 12.5 Å². The Labute approximate surface area is 108 Å². The van der Waals surface area contributed by atoms with E-state index in [2.05, 4.69) is 15.0 Å². The van der Waals surface area contributed by atoms with Crippen LogP contribution in [0.2, 0.25) is 0 Å². The zero-order chi connectivity index (χ0) is 12.1. The van der Waals surface area contributed by atoms with Gasteiger partial charge in [0.15, 0.2) is 0 Å². The Morgan fingerprint density at radius 3 is 3.06 bits per heavy atom. The van der Waals surface area contributed by atoms with E-state index in [0.717, 1.165) is 21.3 Å². The smallest absolute Gasteiger partial charge is 0.148 e. The van der Waals surface area contributed by atoms with Gasteiger partial charge in [-0.3, -0.25) is 0 Å². The summed E-state index contributed by atoms with van der Waals surface area (Å²) in [5.74, 6) is 6.94. The second-order valence-electron chi connectivity index (χ2n) is 3.13. The largest absolute Gasteiger partial charge is 0.496 e. The summed E-state index contributed by atoms with van der Waals surface area (Å²) >= 11 is 2.90. The van der Waals surface area contributed by atoms with Gasteiger partial charge < -0.3 is 10.2 Å². The van der Waals surface area contributed by atoms with Crippen molar-refractivity contribution in [3.05, 3.63) is 30.0 Å². The molecule has 1 aromatic carbocycles. The van der Waals surface area contributed by atoms with Crippen molar-refractivity contribution in [3.63, 3.8) is 0 Å². The molecule has 0 unspecified atom stereocenters. The first kappa shape index (κ1) is 12.2. The summed E-state index contributed by atoms with van der Waals surface area (Å²) in [6.45, 7) is 0. The van der Waals surface area contributed by atoms with Gasteiger partial charge in [0, 0.05) is 22.2 Å². The van der Waals surface area contributed by atoms with Crippen molar-refractivity contribution in [2.24, 2.45) is 5.84 Å². The molecule has 1 heterocycles. The Kier molecular flexibility index (Phi) is 4.18. The van der Waals surface area contributed by atoms with E-state index in [0.29, 0.717) is 5.75 Å². The first-order valence-electron chi connectivity index (χ1n) is 4.89. The van der Waals surface area contributed by atoms with Crippen LogP contribution in [0.4, 0.5) is 5.00 Å². The van der Waals surface area contributed by atoms with Crippen molar-refractivity contribution in [2.45, 2.75) is 10.6 Å². The minimum Gasteiger partial charge on any atom is -0.496 e. The third-order valence-electron chi connectivity index (χ3n) is 2.12. The number of rotatable bonds is 5. The maximum Gasteiger partial charge on any atom is 0.148 e. The molecule has 0 radical (unpaired) electrons. The number of para-hydroxylation sites is 1. The van der Waals surface area contributed by atoms with Gasteiger partial charge >= 0.3 is 0 Å². The Balaban J connectivity index is 2.07. The van der Waals surface area contributed by atoms with E-state index in [9.17, 15) is 0 Å². The number of ether oxygens (including phenoxy) is 1. The quantitative estimate of drug-likeness (QED) is 0.491. The van der Waals surface area contributed by atoms with Gasteiger partial charge in [-0.05, 0) is 12.1 Å². The molecule has 0 aliphatic heterocycles. The Morgan fingerprint density at radius 2 is 2.29 bits per heavy atom. The summed E-state index contributed by atoms with van der Waals surface area (Å²) in [4.78, 5) is 1.07. The van der Waals surface area contributed by atoms with E-state index in [1.165, 1.54) is 11.5 Å². The Hall–Kier alpha value is -1.31.